The molecular weight excluding hydrogens is 372 g/mol. The van der Waals surface area contributed by atoms with Gasteiger partial charge in [-0.3, -0.25) is 9.59 Å². The van der Waals surface area contributed by atoms with E-state index in [0.29, 0.717) is 22.9 Å². The standard InChI is InChI=1S/C21H20N4O4/c1-2-3-12-25-20(27)17-7-5-4-6-16(17)18(24-25)19(26)23-22-13-14-8-10-15(11-9-14)21(28)29/h4-11,13H,2-3,12H2,1H3,(H,23,26)(H,28,29)/p-1/b22-13-. The predicted molar refractivity (Wildman–Crippen MR) is 107 cm³/mol. The maximum absolute atomic E-state index is 12.6. The number of carboxylic acid groups (broad SMARTS) is 1. The fraction of sp³-hybridized carbons (Fsp3) is 0.190. The van der Waals surface area contributed by atoms with Gasteiger partial charge >= 0.3 is 0 Å². The van der Waals surface area contributed by atoms with Crippen molar-refractivity contribution in [1.82, 2.24) is 15.2 Å². The van der Waals surface area contributed by atoms with Crippen molar-refractivity contribution in [2.24, 2.45) is 5.10 Å². The molecule has 0 aliphatic heterocycles. The highest BCUT2D eigenvalue weighted by atomic mass is 16.4. The van der Waals surface area contributed by atoms with E-state index in [4.69, 9.17) is 0 Å². The molecule has 8 heteroatoms. The Morgan fingerprint density at radius 3 is 2.48 bits per heavy atom. The lowest BCUT2D eigenvalue weighted by Gasteiger charge is -2.09. The third-order valence-electron chi connectivity index (χ3n) is 4.33. The number of aromatic nitrogens is 2. The summed E-state index contributed by atoms with van der Waals surface area (Å²) in [6, 6.07) is 12.7. The second-order valence-electron chi connectivity index (χ2n) is 6.38. The molecule has 0 saturated carbocycles. The lowest BCUT2D eigenvalue weighted by molar-refractivity contribution is -0.255. The summed E-state index contributed by atoms with van der Waals surface area (Å²) < 4.78 is 1.31. The summed E-state index contributed by atoms with van der Waals surface area (Å²) in [4.78, 5) is 36.0. The summed E-state index contributed by atoms with van der Waals surface area (Å²) in [5.41, 5.74) is 2.93. The molecule has 0 aliphatic carbocycles. The molecule has 0 saturated heterocycles. The first-order chi connectivity index (χ1) is 14.0. The van der Waals surface area contributed by atoms with Crippen molar-refractivity contribution in [2.75, 3.05) is 0 Å². The fourth-order valence-electron chi connectivity index (χ4n) is 2.79. The maximum Gasteiger partial charge on any atom is 0.292 e. The van der Waals surface area contributed by atoms with Gasteiger partial charge in [0.2, 0.25) is 0 Å². The predicted octanol–water partition coefficient (Wildman–Crippen LogP) is 1.32. The van der Waals surface area contributed by atoms with Crippen LogP contribution in [0.3, 0.4) is 0 Å². The van der Waals surface area contributed by atoms with Crippen LogP contribution in [-0.4, -0.2) is 27.9 Å². The molecule has 1 amide bonds. The number of nitrogens with one attached hydrogen (secondary N) is 1. The molecule has 0 atom stereocenters. The van der Waals surface area contributed by atoms with Gasteiger partial charge in [0.25, 0.3) is 11.5 Å². The van der Waals surface area contributed by atoms with E-state index in [0.717, 1.165) is 12.8 Å². The fourth-order valence-corrected chi connectivity index (χ4v) is 2.79. The van der Waals surface area contributed by atoms with Gasteiger partial charge in [0, 0.05) is 11.9 Å². The number of hydrogen-bond donors (Lipinski definition) is 1. The average molecular weight is 391 g/mol. The van der Waals surface area contributed by atoms with Crippen molar-refractivity contribution >= 4 is 28.9 Å². The normalized spacial score (nSPS) is 11.1. The molecule has 3 aromatic rings. The number of fused-ring (bicyclic) bond motifs is 1. The monoisotopic (exact) mass is 391 g/mol. The molecule has 3 rings (SSSR count). The molecule has 0 bridgehead atoms. The van der Waals surface area contributed by atoms with Crippen LogP contribution in [-0.2, 0) is 6.54 Å². The molecule has 0 aliphatic rings. The smallest absolute Gasteiger partial charge is 0.292 e. The second-order valence-corrected chi connectivity index (χ2v) is 6.38. The molecule has 0 radical (unpaired) electrons. The van der Waals surface area contributed by atoms with Gasteiger partial charge in [-0.15, -0.1) is 0 Å². The third kappa shape index (κ3) is 4.55. The summed E-state index contributed by atoms with van der Waals surface area (Å²) in [6.45, 7) is 2.43. The van der Waals surface area contributed by atoms with E-state index in [-0.39, 0.29) is 16.8 Å². The minimum atomic E-state index is -1.27. The van der Waals surface area contributed by atoms with E-state index in [1.807, 2.05) is 6.92 Å². The Kier molecular flexibility index (Phi) is 6.13. The number of benzene rings is 2. The molecule has 8 nitrogen and oxygen atoms in total. The molecule has 0 unspecified atom stereocenters. The van der Waals surface area contributed by atoms with E-state index in [1.54, 1.807) is 36.4 Å². The number of hydrogen-bond acceptors (Lipinski definition) is 6. The molecule has 0 spiro atoms. The van der Waals surface area contributed by atoms with Crippen LogP contribution in [0.1, 0.15) is 46.2 Å². The number of carboxylic acids is 1. The Balaban J connectivity index is 1.85. The highest BCUT2D eigenvalue weighted by molar-refractivity contribution is 6.05. The molecule has 1 aromatic heterocycles. The minimum absolute atomic E-state index is 0.0520. The van der Waals surface area contributed by atoms with Gasteiger partial charge in [-0.05, 0) is 23.6 Å². The molecule has 29 heavy (non-hydrogen) atoms. The van der Waals surface area contributed by atoms with Gasteiger partial charge in [0.15, 0.2) is 5.69 Å². The molecule has 2 aromatic carbocycles. The van der Waals surface area contributed by atoms with Crippen molar-refractivity contribution in [3.05, 3.63) is 75.7 Å². The summed E-state index contributed by atoms with van der Waals surface area (Å²) >= 11 is 0. The van der Waals surface area contributed by atoms with Crippen LogP contribution in [0, 0.1) is 0 Å². The van der Waals surface area contributed by atoms with Gasteiger partial charge in [0.1, 0.15) is 0 Å². The van der Waals surface area contributed by atoms with Crippen LogP contribution in [0.2, 0.25) is 0 Å². The van der Waals surface area contributed by atoms with Crippen LogP contribution in [0.4, 0.5) is 0 Å². The number of unbranched alkanes of at least 4 members (excludes halogenated alkanes) is 1. The van der Waals surface area contributed by atoms with Crippen LogP contribution in [0.5, 0.6) is 0 Å². The number of rotatable bonds is 7. The van der Waals surface area contributed by atoms with E-state index in [1.165, 1.54) is 23.0 Å². The highest BCUT2D eigenvalue weighted by Gasteiger charge is 2.16. The van der Waals surface area contributed by atoms with Crippen LogP contribution < -0.4 is 16.1 Å². The van der Waals surface area contributed by atoms with Gasteiger partial charge in [0.05, 0.1) is 17.6 Å². The number of amides is 1. The van der Waals surface area contributed by atoms with Crippen molar-refractivity contribution in [3.63, 3.8) is 0 Å². The first kappa shape index (κ1) is 19.9. The number of aryl methyl sites for hydroxylation is 1. The number of nitrogens with zero attached hydrogens (tertiary/aromatic N) is 3. The highest BCUT2D eigenvalue weighted by Crippen LogP contribution is 2.13. The van der Waals surface area contributed by atoms with Crippen LogP contribution in [0.15, 0.2) is 58.4 Å². The quantitative estimate of drug-likeness (QED) is 0.482. The van der Waals surface area contributed by atoms with Crippen molar-refractivity contribution < 1.29 is 14.7 Å². The van der Waals surface area contributed by atoms with E-state index >= 15 is 0 Å². The number of aromatic carboxylic acids is 1. The average Bonchev–Trinajstić information content (AvgIpc) is 2.73. The third-order valence-corrected chi connectivity index (χ3v) is 4.33. The van der Waals surface area contributed by atoms with Crippen molar-refractivity contribution in [1.29, 1.82) is 0 Å². The van der Waals surface area contributed by atoms with Crippen LogP contribution >= 0.6 is 0 Å². The first-order valence-corrected chi connectivity index (χ1v) is 9.16. The Hall–Kier alpha value is -3.81. The van der Waals surface area contributed by atoms with E-state index in [9.17, 15) is 19.5 Å². The van der Waals surface area contributed by atoms with E-state index in [2.05, 4.69) is 15.6 Å². The molecule has 148 valence electrons. The van der Waals surface area contributed by atoms with Gasteiger partial charge in [-0.25, -0.2) is 10.1 Å². The molecule has 0 fully saturated rings. The van der Waals surface area contributed by atoms with E-state index < -0.39 is 11.9 Å². The summed E-state index contributed by atoms with van der Waals surface area (Å²) in [5, 5.41) is 19.8. The summed E-state index contributed by atoms with van der Waals surface area (Å²) in [5.74, 6) is -1.81. The second kappa shape index (κ2) is 8.92. The first-order valence-electron chi connectivity index (χ1n) is 9.16. The van der Waals surface area contributed by atoms with Gasteiger partial charge < -0.3 is 9.90 Å². The summed E-state index contributed by atoms with van der Waals surface area (Å²) in [7, 11) is 0. The number of hydrazone groups is 1. The zero-order valence-corrected chi connectivity index (χ0v) is 15.8. The Morgan fingerprint density at radius 1 is 1.14 bits per heavy atom. The Morgan fingerprint density at radius 2 is 1.83 bits per heavy atom. The molecular formula is C21H19N4O4-. The van der Waals surface area contributed by atoms with Crippen molar-refractivity contribution in [2.45, 2.75) is 26.3 Å². The zero-order chi connectivity index (χ0) is 20.8. The van der Waals surface area contributed by atoms with Gasteiger partial charge in [-0.2, -0.15) is 10.2 Å². The summed E-state index contributed by atoms with van der Waals surface area (Å²) in [6.07, 6.45) is 3.04. The Labute approximate surface area is 166 Å². The SMILES string of the molecule is CCCCn1nc(C(=O)N/N=C\c2ccc(C(=O)[O-])cc2)c2ccccc2c1=O. The lowest BCUT2D eigenvalue weighted by Crippen LogP contribution is -2.29. The Bertz CT molecular complexity index is 1130. The lowest BCUT2D eigenvalue weighted by atomic mass is 10.1. The largest absolute Gasteiger partial charge is 0.545 e. The maximum atomic E-state index is 12.6. The molecule has 1 heterocycles. The van der Waals surface area contributed by atoms with Gasteiger partial charge in [-0.1, -0.05) is 55.8 Å². The molecule has 1 N–H and O–H groups in total. The number of carbonyl (C=O) groups excluding carboxylic acids is 2. The van der Waals surface area contributed by atoms with Crippen molar-refractivity contribution in [3.8, 4) is 0 Å². The van der Waals surface area contributed by atoms with Crippen LogP contribution in [0.25, 0.3) is 10.8 Å². The zero-order valence-electron chi connectivity index (χ0n) is 15.8. The number of carbonyl (C=O) groups is 2. The topological polar surface area (TPSA) is 116 Å². The minimum Gasteiger partial charge on any atom is -0.545 e.